The Morgan fingerprint density at radius 3 is 2.88 bits per heavy atom. The molecule has 0 atom stereocenters. The molecule has 0 saturated heterocycles. The molecular formula is C14H18N2O. The standard InChI is InChI=1S/C14H18N2O/c1-11-6-3-4-7-12(11)13-10-16-14(17-13)8-5-9-15-2/h3-4,6-7,10,15H,5,8-9H2,1-2H3. The zero-order valence-corrected chi connectivity index (χ0v) is 10.4. The second kappa shape index (κ2) is 5.64. The van der Waals surface area contributed by atoms with Gasteiger partial charge < -0.3 is 9.73 Å². The van der Waals surface area contributed by atoms with Crippen molar-refractivity contribution in [2.75, 3.05) is 13.6 Å². The quantitative estimate of drug-likeness (QED) is 0.803. The van der Waals surface area contributed by atoms with Crippen LogP contribution in [-0.2, 0) is 6.42 Å². The van der Waals surface area contributed by atoms with E-state index in [1.165, 1.54) is 5.56 Å². The van der Waals surface area contributed by atoms with Crippen LogP contribution in [0.1, 0.15) is 17.9 Å². The lowest BCUT2D eigenvalue weighted by atomic mass is 10.1. The van der Waals surface area contributed by atoms with Gasteiger partial charge in [0.05, 0.1) is 6.20 Å². The Morgan fingerprint density at radius 1 is 1.29 bits per heavy atom. The number of rotatable bonds is 5. The van der Waals surface area contributed by atoms with Crippen molar-refractivity contribution in [2.24, 2.45) is 0 Å². The number of aryl methyl sites for hydroxylation is 2. The summed E-state index contributed by atoms with van der Waals surface area (Å²) in [4.78, 5) is 4.31. The van der Waals surface area contributed by atoms with E-state index in [2.05, 4.69) is 29.4 Å². The van der Waals surface area contributed by atoms with Gasteiger partial charge in [0.1, 0.15) is 0 Å². The molecule has 2 rings (SSSR count). The molecule has 0 bridgehead atoms. The molecule has 0 unspecified atom stereocenters. The molecule has 1 aromatic carbocycles. The van der Waals surface area contributed by atoms with Crippen molar-refractivity contribution in [3.05, 3.63) is 41.9 Å². The SMILES string of the molecule is CNCCCc1ncc(-c2ccccc2C)o1. The van der Waals surface area contributed by atoms with Gasteiger partial charge in [-0.15, -0.1) is 0 Å². The maximum Gasteiger partial charge on any atom is 0.194 e. The molecule has 90 valence electrons. The Balaban J connectivity index is 2.10. The predicted octanol–water partition coefficient (Wildman–Crippen LogP) is 2.80. The maximum atomic E-state index is 5.76. The third-order valence-corrected chi connectivity index (χ3v) is 2.78. The van der Waals surface area contributed by atoms with E-state index < -0.39 is 0 Å². The Kier molecular flexibility index (Phi) is 3.94. The highest BCUT2D eigenvalue weighted by Gasteiger charge is 2.07. The average molecular weight is 230 g/mol. The summed E-state index contributed by atoms with van der Waals surface area (Å²) in [5.74, 6) is 1.68. The average Bonchev–Trinajstić information content (AvgIpc) is 2.79. The summed E-state index contributed by atoms with van der Waals surface area (Å²) in [6.45, 7) is 3.07. The molecule has 0 saturated carbocycles. The molecule has 0 radical (unpaired) electrons. The molecule has 1 aromatic heterocycles. The lowest BCUT2D eigenvalue weighted by Crippen LogP contribution is -2.08. The molecule has 0 spiro atoms. The second-order valence-corrected chi connectivity index (χ2v) is 4.14. The van der Waals surface area contributed by atoms with E-state index in [-0.39, 0.29) is 0 Å². The summed E-state index contributed by atoms with van der Waals surface area (Å²) in [5.41, 5.74) is 2.34. The van der Waals surface area contributed by atoms with Crippen LogP contribution in [0.3, 0.4) is 0 Å². The number of nitrogens with one attached hydrogen (secondary N) is 1. The molecular weight excluding hydrogens is 212 g/mol. The molecule has 0 fully saturated rings. The number of nitrogens with zero attached hydrogens (tertiary/aromatic N) is 1. The Bertz CT molecular complexity index is 477. The number of hydrogen-bond donors (Lipinski definition) is 1. The van der Waals surface area contributed by atoms with E-state index in [1.807, 2.05) is 25.4 Å². The first-order chi connectivity index (χ1) is 8.31. The lowest BCUT2D eigenvalue weighted by Gasteiger charge is -2.00. The van der Waals surface area contributed by atoms with Gasteiger partial charge in [-0.05, 0) is 32.5 Å². The highest BCUT2D eigenvalue weighted by molar-refractivity contribution is 5.60. The monoisotopic (exact) mass is 230 g/mol. The third-order valence-electron chi connectivity index (χ3n) is 2.78. The first-order valence-corrected chi connectivity index (χ1v) is 5.96. The van der Waals surface area contributed by atoms with Crippen LogP contribution in [0.5, 0.6) is 0 Å². The van der Waals surface area contributed by atoms with Crippen LogP contribution < -0.4 is 5.32 Å². The number of hydrogen-bond acceptors (Lipinski definition) is 3. The van der Waals surface area contributed by atoms with Gasteiger partial charge in [-0.3, -0.25) is 0 Å². The Labute approximate surface area is 102 Å². The summed E-state index contributed by atoms with van der Waals surface area (Å²) in [6, 6.07) is 8.19. The normalized spacial score (nSPS) is 10.7. The van der Waals surface area contributed by atoms with E-state index in [9.17, 15) is 0 Å². The van der Waals surface area contributed by atoms with E-state index >= 15 is 0 Å². The minimum Gasteiger partial charge on any atom is -0.441 e. The van der Waals surface area contributed by atoms with E-state index in [1.54, 1.807) is 0 Å². The fourth-order valence-corrected chi connectivity index (χ4v) is 1.82. The zero-order chi connectivity index (χ0) is 12.1. The van der Waals surface area contributed by atoms with Crippen LogP contribution in [0.15, 0.2) is 34.9 Å². The van der Waals surface area contributed by atoms with Gasteiger partial charge in [0.25, 0.3) is 0 Å². The number of aromatic nitrogens is 1. The molecule has 0 aliphatic heterocycles. The first kappa shape index (κ1) is 11.9. The van der Waals surface area contributed by atoms with Gasteiger partial charge in [0.15, 0.2) is 11.7 Å². The number of oxazole rings is 1. The van der Waals surface area contributed by atoms with Crippen LogP contribution in [0.25, 0.3) is 11.3 Å². The molecule has 17 heavy (non-hydrogen) atoms. The van der Waals surface area contributed by atoms with E-state index in [0.717, 1.165) is 36.6 Å². The highest BCUT2D eigenvalue weighted by Crippen LogP contribution is 2.23. The second-order valence-electron chi connectivity index (χ2n) is 4.14. The molecule has 0 aliphatic rings. The summed E-state index contributed by atoms with van der Waals surface area (Å²) in [7, 11) is 1.95. The van der Waals surface area contributed by atoms with Crippen molar-refractivity contribution in [3.8, 4) is 11.3 Å². The summed E-state index contributed by atoms with van der Waals surface area (Å²) in [5, 5.41) is 3.12. The van der Waals surface area contributed by atoms with Crippen molar-refractivity contribution in [1.82, 2.24) is 10.3 Å². The fourth-order valence-electron chi connectivity index (χ4n) is 1.82. The minimum absolute atomic E-state index is 0.818. The minimum atomic E-state index is 0.818. The molecule has 3 heteroatoms. The lowest BCUT2D eigenvalue weighted by molar-refractivity contribution is 0.495. The maximum absolute atomic E-state index is 5.76. The fraction of sp³-hybridized carbons (Fsp3) is 0.357. The van der Waals surface area contributed by atoms with Crippen molar-refractivity contribution in [1.29, 1.82) is 0 Å². The van der Waals surface area contributed by atoms with Crippen LogP contribution in [-0.4, -0.2) is 18.6 Å². The van der Waals surface area contributed by atoms with Crippen molar-refractivity contribution in [3.63, 3.8) is 0 Å². The zero-order valence-electron chi connectivity index (χ0n) is 10.4. The first-order valence-electron chi connectivity index (χ1n) is 5.96. The van der Waals surface area contributed by atoms with Gasteiger partial charge in [-0.2, -0.15) is 0 Å². The molecule has 1 heterocycles. The van der Waals surface area contributed by atoms with Crippen molar-refractivity contribution in [2.45, 2.75) is 19.8 Å². The van der Waals surface area contributed by atoms with Crippen molar-refractivity contribution < 1.29 is 4.42 Å². The Morgan fingerprint density at radius 2 is 2.12 bits per heavy atom. The van der Waals surface area contributed by atoms with Gasteiger partial charge >= 0.3 is 0 Å². The van der Waals surface area contributed by atoms with Crippen molar-refractivity contribution >= 4 is 0 Å². The van der Waals surface area contributed by atoms with Gasteiger partial charge in [0.2, 0.25) is 0 Å². The summed E-state index contributed by atoms with van der Waals surface area (Å²) >= 11 is 0. The van der Waals surface area contributed by atoms with Crippen LogP contribution in [0, 0.1) is 6.92 Å². The molecule has 3 nitrogen and oxygen atoms in total. The predicted molar refractivity (Wildman–Crippen MR) is 68.9 cm³/mol. The molecule has 0 aliphatic carbocycles. The smallest absolute Gasteiger partial charge is 0.194 e. The van der Waals surface area contributed by atoms with Crippen LogP contribution >= 0.6 is 0 Å². The summed E-state index contributed by atoms with van der Waals surface area (Å²) < 4.78 is 5.76. The number of benzene rings is 1. The highest BCUT2D eigenvalue weighted by atomic mass is 16.4. The largest absolute Gasteiger partial charge is 0.441 e. The third kappa shape index (κ3) is 2.94. The van der Waals surface area contributed by atoms with Gasteiger partial charge in [-0.25, -0.2) is 4.98 Å². The van der Waals surface area contributed by atoms with E-state index in [4.69, 9.17) is 4.42 Å². The summed E-state index contributed by atoms with van der Waals surface area (Å²) in [6.07, 6.45) is 3.74. The van der Waals surface area contributed by atoms with Gasteiger partial charge in [-0.1, -0.05) is 24.3 Å². The van der Waals surface area contributed by atoms with Crippen LogP contribution in [0.2, 0.25) is 0 Å². The molecule has 0 amide bonds. The van der Waals surface area contributed by atoms with Gasteiger partial charge in [0, 0.05) is 12.0 Å². The Hall–Kier alpha value is -1.61. The molecule has 2 aromatic rings. The molecule has 1 N–H and O–H groups in total. The topological polar surface area (TPSA) is 38.1 Å². The van der Waals surface area contributed by atoms with E-state index in [0.29, 0.717) is 0 Å². The van der Waals surface area contributed by atoms with Crippen LogP contribution in [0.4, 0.5) is 0 Å².